The van der Waals surface area contributed by atoms with E-state index in [2.05, 4.69) is 11.7 Å². The maximum atomic E-state index is 10.5. The second-order valence-electron chi connectivity index (χ2n) is 3.44. The average molecular weight is 241 g/mol. The molecule has 0 atom stereocenters. The molecule has 2 nitrogen and oxygen atoms in total. The van der Waals surface area contributed by atoms with Crippen LogP contribution in [0.15, 0.2) is 41.4 Å². The maximum Gasteiger partial charge on any atom is 0.160 e. The van der Waals surface area contributed by atoms with E-state index in [9.17, 15) is 4.79 Å². The quantitative estimate of drug-likeness (QED) is 0.586. The molecule has 0 bridgehead atoms. The number of rotatable bonds is 4. The minimum absolute atomic E-state index is 0.746. The lowest BCUT2D eigenvalue weighted by Crippen LogP contribution is -1.69. The van der Waals surface area contributed by atoms with E-state index >= 15 is 0 Å². The summed E-state index contributed by atoms with van der Waals surface area (Å²) in [6.45, 7) is 3.47. The average Bonchev–Trinajstić information content (AvgIpc) is 2.85. The van der Waals surface area contributed by atoms with Crippen molar-refractivity contribution in [1.29, 1.82) is 0 Å². The summed E-state index contributed by atoms with van der Waals surface area (Å²) >= 11 is 1.48. The van der Waals surface area contributed by atoms with Crippen molar-refractivity contribution in [2.24, 2.45) is 4.99 Å². The molecule has 2 aromatic rings. The second-order valence-corrected chi connectivity index (χ2v) is 4.59. The van der Waals surface area contributed by atoms with Crippen LogP contribution in [0.25, 0.3) is 12.2 Å². The normalized spacial score (nSPS) is 10.6. The lowest BCUT2D eigenvalue weighted by Gasteiger charge is -1.94. The molecule has 2 rings (SSSR count). The Morgan fingerprint density at radius 1 is 1.00 bits per heavy atom. The summed E-state index contributed by atoms with van der Waals surface area (Å²) in [4.78, 5) is 16.2. The minimum Gasteiger partial charge on any atom is -0.297 e. The SMILES string of the molecule is C=Nc1ccc(C=Cc2ccc(C=O)s2)cc1. The third-order valence-electron chi connectivity index (χ3n) is 2.28. The van der Waals surface area contributed by atoms with Gasteiger partial charge in [-0.1, -0.05) is 18.2 Å². The molecule has 0 N–H and O–H groups in total. The lowest BCUT2D eigenvalue weighted by atomic mass is 10.2. The van der Waals surface area contributed by atoms with Gasteiger partial charge >= 0.3 is 0 Å². The molecule has 0 fully saturated rings. The monoisotopic (exact) mass is 241 g/mol. The number of hydrogen-bond acceptors (Lipinski definition) is 3. The highest BCUT2D eigenvalue weighted by atomic mass is 32.1. The summed E-state index contributed by atoms with van der Waals surface area (Å²) in [5, 5.41) is 0. The van der Waals surface area contributed by atoms with Gasteiger partial charge in [0.1, 0.15) is 0 Å². The molecule has 0 aliphatic heterocycles. The van der Waals surface area contributed by atoms with Gasteiger partial charge in [-0.2, -0.15) is 0 Å². The van der Waals surface area contributed by atoms with Gasteiger partial charge in [0, 0.05) is 4.88 Å². The Morgan fingerprint density at radius 2 is 1.71 bits per heavy atom. The molecule has 0 spiro atoms. The van der Waals surface area contributed by atoms with Crippen LogP contribution in [0.4, 0.5) is 5.69 Å². The van der Waals surface area contributed by atoms with Crippen molar-refractivity contribution in [2.75, 3.05) is 0 Å². The molecule has 0 radical (unpaired) electrons. The highest BCUT2D eigenvalue weighted by Crippen LogP contribution is 2.18. The van der Waals surface area contributed by atoms with Crippen LogP contribution in [0.5, 0.6) is 0 Å². The van der Waals surface area contributed by atoms with Crippen LogP contribution in [0.3, 0.4) is 0 Å². The fraction of sp³-hybridized carbons (Fsp3) is 0. The summed E-state index contributed by atoms with van der Waals surface area (Å²) in [7, 11) is 0. The molecule has 0 saturated carbocycles. The molecule has 0 unspecified atom stereocenters. The van der Waals surface area contributed by atoms with Gasteiger partial charge in [0.25, 0.3) is 0 Å². The number of nitrogens with zero attached hydrogens (tertiary/aromatic N) is 1. The second kappa shape index (κ2) is 5.37. The van der Waals surface area contributed by atoms with Crippen LogP contribution < -0.4 is 0 Å². The number of aldehydes is 1. The van der Waals surface area contributed by atoms with Crippen molar-refractivity contribution in [3.05, 3.63) is 51.7 Å². The Labute approximate surface area is 104 Å². The topological polar surface area (TPSA) is 29.4 Å². The Hall–Kier alpha value is -2.00. The van der Waals surface area contributed by atoms with Crippen molar-refractivity contribution in [3.8, 4) is 0 Å². The van der Waals surface area contributed by atoms with Crippen LogP contribution in [-0.4, -0.2) is 13.0 Å². The van der Waals surface area contributed by atoms with E-state index in [1.807, 2.05) is 48.6 Å². The highest BCUT2D eigenvalue weighted by molar-refractivity contribution is 7.14. The van der Waals surface area contributed by atoms with E-state index in [-0.39, 0.29) is 0 Å². The van der Waals surface area contributed by atoms with E-state index in [0.717, 1.165) is 27.3 Å². The minimum atomic E-state index is 0.746. The number of carbonyl (C=O) groups excluding carboxylic acids is 1. The molecule has 84 valence electrons. The maximum absolute atomic E-state index is 10.5. The smallest absolute Gasteiger partial charge is 0.160 e. The zero-order chi connectivity index (χ0) is 12.1. The molecular weight excluding hydrogens is 230 g/mol. The number of aliphatic imine (C=N–C) groups is 1. The van der Waals surface area contributed by atoms with Crippen molar-refractivity contribution < 1.29 is 4.79 Å². The lowest BCUT2D eigenvalue weighted by molar-refractivity contribution is 0.112. The van der Waals surface area contributed by atoms with E-state index < -0.39 is 0 Å². The first-order chi connectivity index (χ1) is 8.31. The van der Waals surface area contributed by atoms with Crippen molar-refractivity contribution in [3.63, 3.8) is 0 Å². The van der Waals surface area contributed by atoms with Crippen molar-refractivity contribution >= 4 is 42.2 Å². The number of carbonyl (C=O) groups is 1. The Kier molecular flexibility index (Phi) is 3.62. The van der Waals surface area contributed by atoms with Crippen LogP contribution in [0.2, 0.25) is 0 Å². The molecule has 3 heteroatoms. The third-order valence-corrected chi connectivity index (χ3v) is 3.26. The summed E-state index contributed by atoms with van der Waals surface area (Å²) in [6, 6.07) is 11.5. The van der Waals surface area contributed by atoms with Gasteiger partial charge < -0.3 is 0 Å². The highest BCUT2D eigenvalue weighted by Gasteiger charge is 1.95. The Morgan fingerprint density at radius 3 is 2.29 bits per heavy atom. The van der Waals surface area contributed by atoms with Crippen LogP contribution >= 0.6 is 11.3 Å². The molecule has 1 aromatic carbocycles. The Bertz CT molecular complexity index is 552. The summed E-state index contributed by atoms with van der Waals surface area (Å²) in [6.07, 6.45) is 4.87. The van der Waals surface area contributed by atoms with Gasteiger partial charge in [-0.25, -0.2) is 0 Å². The number of benzene rings is 1. The molecule has 0 aliphatic rings. The molecule has 1 aromatic heterocycles. The first-order valence-electron chi connectivity index (χ1n) is 5.12. The summed E-state index contributed by atoms with van der Waals surface area (Å²) < 4.78 is 0. The van der Waals surface area contributed by atoms with Gasteiger partial charge in [-0.15, -0.1) is 11.3 Å². The Balaban J connectivity index is 2.13. The predicted octanol–water partition coefficient (Wildman–Crippen LogP) is 4.06. The fourth-order valence-electron chi connectivity index (χ4n) is 1.39. The van der Waals surface area contributed by atoms with Crippen LogP contribution in [-0.2, 0) is 0 Å². The third kappa shape index (κ3) is 2.98. The summed E-state index contributed by atoms with van der Waals surface area (Å²) in [5.41, 5.74) is 1.96. The van der Waals surface area contributed by atoms with Gasteiger partial charge in [0.15, 0.2) is 6.29 Å². The standard InChI is InChI=1S/C14H11NOS/c1-15-12-5-2-11(3-6-12)4-7-13-8-9-14(10-16)17-13/h2-10H,1H2. The van der Waals surface area contributed by atoms with Gasteiger partial charge in [0.2, 0.25) is 0 Å². The largest absolute Gasteiger partial charge is 0.297 e. The molecule has 1 heterocycles. The van der Waals surface area contributed by atoms with Crippen LogP contribution in [0, 0.1) is 0 Å². The molecule has 17 heavy (non-hydrogen) atoms. The zero-order valence-corrected chi connectivity index (χ0v) is 9.98. The van der Waals surface area contributed by atoms with Crippen molar-refractivity contribution in [1.82, 2.24) is 0 Å². The van der Waals surface area contributed by atoms with E-state index in [4.69, 9.17) is 0 Å². The van der Waals surface area contributed by atoms with Gasteiger partial charge in [0.05, 0.1) is 10.6 Å². The number of thiophene rings is 1. The van der Waals surface area contributed by atoms with Crippen molar-refractivity contribution in [2.45, 2.75) is 0 Å². The van der Waals surface area contributed by atoms with Gasteiger partial charge in [-0.05, 0) is 42.6 Å². The van der Waals surface area contributed by atoms with Gasteiger partial charge in [-0.3, -0.25) is 9.79 Å². The first-order valence-corrected chi connectivity index (χ1v) is 5.93. The fourth-order valence-corrected chi connectivity index (χ4v) is 2.12. The van der Waals surface area contributed by atoms with Crippen LogP contribution in [0.1, 0.15) is 20.1 Å². The van der Waals surface area contributed by atoms with E-state index in [1.165, 1.54) is 11.3 Å². The molecule has 0 saturated heterocycles. The molecular formula is C14H11NOS. The zero-order valence-electron chi connectivity index (χ0n) is 9.17. The first kappa shape index (κ1) is 11.5. The number of hydrogen-bond donors (Lipinski definition) is 0. The van der Waals surface area contributed by atoms with E-state index in [1.54, 1.807) is 0 Å². The summed E-state index contributed by atoms with van der Waals surface area (Å²) in [5.74, 6) is 0. The predicted molar refractivity (Wildman–Crippen MR) is 74.3 cm³/mol. The molecule has 0 aliphatic carbocycles. The molecule has 0 amide bonds. The van der Waals surface area contributed by atoms with E-state index in [0.29, 0.717) is 0 Å².